The van der Waals surface area contributed by atoms with Gasteiger partial charge in [-0.15, -0.1) is 0 Å². The van der Waals surface area contributed by atoms with E-state index < -0.39 is 5.60 Å². The van der Waals surface area contributed by atoms with E-state index in [9.17, 15) is 9.59 Å². The first kappa shape index (κ1) is 14.8. The number of oxime groups is 1. The van der Waals surface area contributed by atoms with Crippen LogP contribution in [0.15, 0.2) is 5.16 Å². The summed E-state index contributed by atoms with van der Waals surface area (Å²) in [6.07, 6.45) is 0.912. The third-order valence-electron chi connectivity index (χ3n) is 3.78. The van der Waals surface area contributed by atoms with Gasteiger partial charge in [0.25, 0.3) is 5.91 Å². The normalized spacial score (nSPS) is 27.1. The lowest BCUT2D eigenvalue weighted by Crippen LogP contribution is -2.55. The highest BCUT2D eigenvalue weighted by Crippen LogP contribution is 2.26. The minimum absolute atomic E-state index is 0.00680. The van der Waals surface area contributed by atoms with Crippen molar-refractivity contribution in [2.24, 2.45) is 10.9 Å². The molecule has 0 aliphatic carbocycles. The van der Waals surface area contributed by atoms with Gasteiger partial charge in [-0.1, -0.05) is 5.16 Å². The third kappa shape index (κ3) is 3.27. The zero-order valence-electron chi connectivity index (χ0n) is 12.1. The average molecular weight is 282 g/mol. The first-order valence-corrected chi connectivity index (χ1v) is 6.92. The Morgan fingerprint density at radius 2 is 2.00 bits per heavy atom. The van der Waals surface area contributed by atoms with Crippen LogP contribution in [-0.4, -0.2) is 65.7 Å². The predicted octanol–water partition coefficient (Wildman–Crippen LogP) is -0.439. The van der Waals surface area contributed by atoms with Crippen LogP contribution in [0.2, 0.25) is 0 Å². The second-order valence-electron chi connectivity index (χ2n) is 5.68. The zero-order valence-corrected chi connectivity index (χ0v) is 12.1. The molecule has 1 atom stereocenters. The van der Waals surface area contributed by atoms with Crippen LogP contribution in [0, 0.1) is 0 Å². The molecule has 0 saturated carbocycles. The number of primary amides is 1. The molecule has 0 aromatic carbocycles. The maximum absolute atomic E-state index is 12.5. The first-order valence-electron chi connectivity index (χ1n) is 6.92. The molecule has 0 bridgehead atoms. The minimum atomic E-state index is -0.848. The number of piperazine rings is 1. The van der Waals surface area contributed by atoms with Crippen LogP contribution in [0.3, 0.4) is 0 Å². The molecule has 0 aromatic rings. The monoisotopic (exact) mass is 282 g/mol. The number of rotatable bonds is 4. The van der Waals surface area contributed by atoms with Crippen LogP contribution in [0.5, 0.6) is 0 Å². The van der Waals surface area contributed by atoms with Crippen LogP contribution >= 0.6 is 0 Å². The van der Waals surface area contributed by atoms with E-state index >= 15 is 0 Å². The first-order chi connectivity index (χ1) is 9.40. The standard InChI is InChI=1S/C13H22N4O3/c1-10-9-13(2,20-15-10)12(19)17-7-5-16(6-8-17)4-3-11(14)18/h3-9H2,1-2H3,(H2,14,18)/t13-/m1/s1. The van der Waals surface area contributed by atoms with Crippen molar-refractivity contribution in [2.45, 2.75) is 32.3 Å². The van der Waals surface area contributed by atoms with Crippen molar-refractivity contribution in [2.75, 3.05) is 32.7 Å². The lowest BCUT2D eigenvalue weighted by molar-refractivity contribution is -0.155. The summed E-state index contributed by atoms with van der Waals surface area (Å²) in [6, 6.07) is 0. The van der Waals surface area contributed by atoms with Gasteiger partial charge < -0.3 is 15.5 Å². The third-order valence-corrected chi connectivity index (χ3v) is 3.78. The number of hydrogen-bond acceptors (Lipinski definition) is 5. The van der Waals surface area contributed by atoms with E-state index in [0.29, 0.717) is 32.5 Å². The van der Waals surface area contributed by atoms with Gasteiger partial charge in [0.15, 0.2) is 0 Å². The van der Waals surface area contributed by atoms with Crippen LogP contribution < -0.4 is 5.73 Å². The zero-order chi connectivity index (χ0) is 14.8. The fraction of sp³-hybridized carbons (Fsp3) is 0.769. The summed E-state index contributed by atoms with van der Waals surface area (Å²) in [5.74, 6) is -0.296. The highest BCUT2D eigenvalue weighted by atomic mass is 16.7. The van der Waals surface area contributed by atoms with Gasteiger partial charge in [0.2, 0.25) is 11.5 Å². The van der Waals surface area contributed by atoms with E-state index in [2.05, 4.69) is 10.1 Å². The van der Waals surface area contributed by atoms with Gasteiger partial charge in [-0.3, -0.25) is 14.5 Å². The molecule has 20 heavy (non-hydrogen) atoms. The highest BCUT2D eigenvalue weighted by Gasteiger charge is 2.43. The Labute approximate surface area is 118 Å². The summed E-state index contributed by atoms with van der Waals surface area (Å²) in [5.41, 5.74) is 5.14. The summed E-state index contributed by atoms with van der Waals surface area (Å²) in [5, 5.41) is 3.88. The molecule has 0 aromatic heterocycles. The second-order valence-corrected chi connectivity index (χ2v) is 5.68. The SMILES string of the molecule is CC1=NO[C@@](C)(C(=O)N2CCN(CCC(N)=O)CC2)C1. The van der Waals surface area contributed by atoms with Gasteiger partial charge in [0.1, 0.15) is 0 Å². The molecule has 2 heterocycles. The van der Waals surface area contributed by atoms with Gasteiger partial charge in [-0.2, -0.15) is 0 Å². The fourth-order valence-electron chi connectivity index (χ4n) is 2.62. The highest BCUT2D eigenvalue weighted by molar-refractivity contribution is 5.94. The number of amides is 2. The van der Waals surface area contributed by atoms with Crippen molar-refractivity contribution in [1.29, 1.82) is 0 Å². The Morgan fingerprint density at radius 3 is 2.50 bits per heavy atom. The van der Waals surface area contributed by atoms with E-state index in [1.165, 1.54) is 0 Å². The van der Waals surface area contributed by atoms with Crippen molar-refractivity contribution < 1.29 is 14.4 Å². The van der Waals surface area contributed by atoms with Gasteiger partial charge in [-0.25, -0.2) is 0 Å². The molecule has 7 heteroatoms. The summed E-state index contributed by atoms with van der Waals surface area (Å²) in [4.78, 5) is 32.5. The van der Waals surface area contributed by atoms with E-state index in [0.717, 1.165) is 18.8 Å². The summed E-state index contributed by atoms with van der Waals surface area (Å²) in [7, 11) is 0. The molecule has 0 unspecified atom stereocenters. The van der Waals surface area contributed by atoms with Gasteiger partial charge in [-0.05, 0) is 13.8 Å². The van der Waals surface area contributed by atoms with Gasteiger partial charge >= 0.3 is 0 Å². The molecule has 2 aliphatic heterocycles. The Hall–Kier alpha value is -1.63. The molecule has 2 aliphatic rings. The number of carbonyl (C=O) groups is 2. The Balaban J connectivity index is 1.82. The topological polar surface area (TPSA) is 88.2 Å². The molecule has 0 spiro atoms. The van der Waals surface area contributed by atoms with E-state index in [-0.39, 0.29) is 11.8 Å². The molecule has 1 fully saturated rings. The van der Waals surface area contributed by atoms with Crippen LogP contribution in [0.4, 0.5) is 0 Å². The second kappa shape index (κ2) is 5.78. The van der Waals surface area contributed by atoms with Crippen LogP contribution in [-0.2, 0) is 14.4 Å². The van der Waals surface area contributed by atoms with E-state index in [1.54, 1.807) is 6.92 Å². The molecule has 2 amide bonds. The predicted molar refractivity (Wildman–Crippen MR) is 74.0 cm³/mol. The van der Waals surface area contributed by atoms with Crippen molar-refractivity contribution in [3.63, 3.8) is 0 Å². The summed E-state index contributed by atoms with van der Waals surface area (Å²) in [6.45, 7) is 7.12. The van der Waals surface area contributed by atoms with Gasteiger partial charge in [0.05, 0.1) is 5.71 Å². The Kier molecular flexibility index (Phi) is 4.27. The number of nitrogens with two attached hydrogens (primary N) is 1. The molecule has 1 saturated heterocycles. The van der Waals surface area contributed by atoms with Crippen molar-refractivity contribution >= 4 is 17.5 Å². The molecular weight excluding hydrogens is 260 g/mol. The Morgan fingerprint density at radius 1 is 1.35 bits per heavy atom. The maximum atomic E-state index is 12.5. The molecule has 112 valence electrons. The molecule has 0 radical (unpaired) electrons. The largest absolute Gasteiger partial charge is 0.379 e. The molecule has 7 nitrogen and oxygen atoms in total. The number of carbonyl (C=O) groups excluding carboxylic acids is 2. The smallest absolute Gasteiger partial charge is 0.269 e. The average Bonchev–Trinajstić information content (AvgIpc) is 2.77. The maximum Gasteiger partial charge on any atom is 0.269 e. The molecule has 2 N–H and O–H groups in total. The van der Waals surface area contributed by atoms with Gasteiger partial charge in [0, 0.05) is 45.6 Å². The summed E-state index contributed by atoms with van der Waals surface area (Å²) < 4.78 is 0. The van der Waals surface area contributed by atoms with Crippen LogP contribution in [0.1, 0.15) is 26.7 Å². The van der Waals surface area contributed by atoms with E-state index in [1.807, 2.05) is 11.8 Å². The van der Waals surface area contributed by atoms with Crippen molar-refractivity contribution in [3.05, 3.63) is 0 Å². The molecule has 2 rings (SSSR count). The fourth-order valence-corrected chi connectivity index (χ4v) is 2.62. The van der Waals surface area contributed by atoms with Crippen molar-refractivity contribution in [1.82, 2.24) is 9.80 Å². The van der Waals surface area contributed by atoms with E-state index in [4.69, 9.17) is 10.6 Å². The Bertz CT molecular complexity index is 429. The van der Waals surface area contributed by atoms with Crippen molar-refractivity contribution in [3.8, 4) is 0 Å². The quantitative estimate of drug-likeness (QED) is 0.757. The lowest BCUT2D eigenvalue weighted by Gasteiger charge is -2.37. The lowest BCUT2D eigenvalue weighted by atomic mass is 9.98. The molecular formula is C13H22N4O3. The number of nitrogens with zero attached hydrogens (tertiary/aromatic N) is 3. The minimum Gasteiger partial charge on any atom is -0.379 e. The van der Waals surface area contributed by atoms with Crippen LogP contribution in [0.25, 0.3) is 0 Å². The number of hydrogen-bond donors (Lipinski definition) is 1. The summed E-state index contributed by atoms with van der Waals surface area (Å²) >= 11 is 0.